The molecule has 6 nitrogen and oxygen atoms in total. The molecule has 2 atom stereocenters. The lowest BCUT2D eigenvalue weighted by Gasteiger charge is -2.07. The Morgan fingerprint density at radius 2 is 2.33 bits per heavy atom. The second-order valence-corrected chi connectivity index (χ2v) is 4.23. The molecule has 1 aliphatic rings. The zero-order chi connectivity index (χ0) is 12.7. The van der Waals surface area contributed by atoms with Gasteiger partial charge in [-0.2, -0.15) is 0 Å². The summed E-state index contributed by atoms with van der Waals surface area (Å²) in [4.78, 5) is 28.8. The van der Waals surface area contributed by atoms with E-state index in [1.54, 1.807) is 24.4 Å². The Bertz CT molecular complexity index is 606. The van der Waals surface area contributed by atoms with Crippen LogP contribution in [0.2, 0.25) is 0 Å². The highest BCUT2D eigenvalue weighted by Gasteiger charge is 2.40. The average molecular weight is 263 g/mol. The molecule has 0 saturated carbocycles. The van der Waals surface area contributed by atoms with Crippen LogP contribution < -0.4 is 5.32 Å². The fraction of sp³-hybridized carbons (Fsp3) is 0.182. The number of nitrogens with zero attached hydrogens (tertiary/aromatic N) is 2. The van der Waals surface area contributed by atoms with E-state index in [-0.39, 0.29) is 12.2 Å². The number of aromatic nitrogens is 1. The van der Waals surface area contributed by atoms with Crippen LogP contribution in [0.15, 0.2) is 28.8 Å². The molecular weight excluding hydrogens is 253 g/mol. The minimum absolute atomic E-state index is 0.264. The zero-order valence-corrected chi connectivity index (χ0v) is 10.4. The summed E-state index contributed by atoms with van der Waals surface area (Å²) >= 11 is 0. The molecule has 1 N–H and O–H groups in total. The fourth-order valence-electron chi connectivity index (χ4n) is 1.92. The largest absolute Gasteiger partial charge is 0.457 e. The lowest BCUT2D eigenvalue weighted by molar-refractivity contribution is -0.127. The van der Waals surface area contributed by atoms with Crippen molar-refractivity contribution in [3.8, 4) is 0 Å². The van der Waals surface area contributed by atoms with Crippen molar-refractivity contribution in [3.63, 3.8) is 0 Å². The standard InChI is InChI=1S/C11H10N3O3P/c15-10-9(13-11(16)14(10)5-18)8-4-6-7(17-8)2-1-3-12-6/h1-4,9H,5,18H2,(H,13,16)/t9-/m0/s1. The first-order valence-electron chi connectivity index (χ1n) is 5.37. The van der Waals surface area contributed by atoms with E-state index in [9.17, 15) is 9.59 Å². The van der Waals surface area contributed by atoms with Crippen LogP contribution in [-0.4, -0.2) is 28.1 Å². The van der Waals surface area contributed by atoms with Crippen molar-refractivity contribution >= 4 is 32.3 Å². The van der Waals surface area contributed by atoms with E-state index in [4.69, 9.17) is 4.42 Å². The summed E-state index contributed by atoms with van der Waals surface area (Å²) in [6.07, 6.45) is 1.91. The number of urea groups is 1. The first-order chi connectivity index (χ1) is 8.70. The summed E-state index contributed by atoms with van der Waals surface area (Å²) in [5, 5.41) is 2.58. The molecule has 7 heteroatoms. The number of nitrogens with one attached hydrogen (secondary N) is 1. The second kappa shape index (κ2) is 4.07. The van der Waals surface area contributed by atoms with Gasteiger partial charge in [0.25, 0.3) is 5.91 Å². The van der Waals surface area contributed by atoms with Gasteiger partial charge >= 0.3 is 6.03 Å². The summed E-state index contributed by atoms with van der Waals surface area (Å²) in [5.74, 6) is 0.0945. The van der Waals surface area contributed by atoms with E-state index in [2.05, 4.69) is 19.5 Å². The molecule has 0 bridgehead atoms. The van der Waals surface area contributed by atoms with Gasteiger partial charge in [0.1, 0.15) is 11.3 Å². The quantitative estimate of drug-likeness (QED) is 0.653. The van der Waals surface area contributed by atoms with Gasteiger partial charge in [0.2, 0.25) is 0 Å². The van der Waals surface area contributed by atoms with E-state index in [0.717, 1.165) is 4.90 Å². The third-order valence-electron chi connectivity index (χ3n) is 2.80. The summed E-state index contributed by atoms with van der Waals surface area (Å²) in [7, 11) is 2.35. The number of carbonyl (C=O) groups is 2. The highest BCUT2D eigenvalue weighted by atomic mass is 31.0. The van der Waals surface area contributed by atoms with Crippen molar-refractivity contribution in [2.75, 3.05) is 6.29 Å². The molecule has 0 spiro atoms. The Balaban J connectivity index is 2.00. The number of hydrogen-bond acceptors (Lipinski definition) is 4. The van der Waals surface area contributed by atoms with E-state index < -0.39 is 12.1 Å². The molecule has 2 aromatic heterocycles. The van der Waals surface area contributed by atoms with Crippen molar-refractivity contribution in [1.29, 1.82) is 0 Å². The minimum atomic E-state index is -0.757. The van der Waals surface area contributed by atoms with Gasteiger partial charge < -0.3 is 9.73 Å². The van der Waals surface area contributed by atoms with Crippen LogP contribution >= 0.6 is 9.24 Å². The van der Waals surface area contributed by atoms with Gasteiger partial charge in [-0.3, -0.25) is 14.7 Å². The van der Waals surface area contributed by atoms with Crippen LogP contribution in [0, 0.1) is 0 Å². The van der Waals surface area contributed by atoms with Gasteiger partial charge in [-0.05, 0) is 12.1 Å². The highest BCUT2D eigenvalue weighted by Crippen LogP contribution is 2.27. The maximum absolute atomic E-state index is 12.0. The molecular formula is C11H10N3O3P. The first-order valence-corrected chi connectivity index (χ1v) is 6.19. The Kier molecular flexibility index (Phi) is 2.52. The molecule has 1 fully saturated rings. The number of rotatable bonds is 2. The van der Waals surface area contributed by atoms with Crippen molar-refractivity contribution in [3.05, 3.63) is 30.2 Å². The van der Waals surface area contributed by atoms with Crippen molar-refractivity contribution in [2.45, 2.75) is 6.04 Å². The maximum atomic E-state index is 12.0. The monoisotopic (exact) mass is 263 g/mol. The minimum Gasteiger partial charge on any atom is -0.457 e. The molecule has 3 rings (SSSR count). The Morgan fingerprint density at radius 3 is 3.00 bits per heavy atom. The topological polar surface area (TPSA) is 75.4 Å². The van der Waals surface area contributed by atoms with Gasteiger partial charge in [-0.1, -0.05) is 0 Å². The fourth-order valence-corrected chi connectivity index (χ4v) is 2.26. The zero-order valence-electron chi connectivity index (χ0n) is 9.29. The Labute approximate surface area is 105 Å². The molecule has 0 radical (unpaired) electrons. The number of imide groups is 1. The predicted octanol–water partition coefficient (Wildman–Crippen LogP) is 1.25. The van der Waals surface area contributed by atoms with Crippen molar-refractivity contribution in [2.24, 2.45) is 0 Å². The maximum Gasteiger partial charge on any atom is 0.325 e. The first kappa shape index (κ1) is 11.2. The lowest BCUT2D eigenvalue weighted by Crippen LogP contribution is -2.29. The van der Waals surface area contributed by atoms with Crippen molar-refractivity contribution < 1.29 is 14.0 Å². The molecule has 92 valence electrons. The molecule has 2 aromatic rings. The summed E-state index contributed by atoms with van der Waals surface area (Å²) < 4.78 is 5.53. The van der Waals surface area contributed by atoms with E-state index in [1.165, 1.54) is 0 Å². The highest BCUT2D eigenvalue weighted by molar-refractivity contribution is 7.16. The molecule has 1 aliphatic heterocycles. The molecule has 3 heterocycles. The van der Waals surface area contributed by atoms with E-state index in [0.29, 0.717) is 16.9 Å². The average Bonchev–Trinajstić information content (AvgIpc) is 2.90. The van der Waals surface area contributed by atoms with Crippen LogP contribution in [0.1, 0.15) is 11.8 Å². The number of amides is 3. The van der Waals surface area contributed by atoms with Crippen LogP contribution in [0.3, 0.4) is 0 Å². The molecule has 0 aromatic carbocycles. The van der Waals surface area contributed by atoms with Crippen molar-refractivity contribution in [1.82, 2.24) is 15.2 Å². The number of fused-ring (bicyclic) bond motifs is 1. The smallest absolute Gasteiger partial charge is 0.325 e. The third kappa shape index (κ3) is 1.57. The Hall–Kier alpha value is -1.94. The van der Waals surface area contributed by atoms with Gasteiger partial charge in [0.15, 0.2) is 11.6 Å². The summed E-state index contributed by atoms with van der Waals surface area (Å²) in [5.41, 5.74) is 1.26. The van der Waals surface area contributed by atoms with Crippen LogP contribution in [0.5, 0.6) is 0 Å². The molecule has 18 heavy (non-hydrogen) atoms. The summed E-state index contributed by atoms with van der Waals surface area (Å²) in [6.45, 7) is 0. The molecule has 1 saturated heterocycles. The predicted molar refractivity (Wildman–Crippen MR) is 66.7 cm³/mol. The van der Waals surface area contributed by atoms with Gasteiger partial charge in [0, 0.05) is 18.5 Å². The Morgan fingerprint density at radius 1 is 1.50 bits per heavy atom. The lowest BCUT2D eigenvalue weighted by atomic mass is 10.2. The van der Waals surface area contributed by atoms with E-state index in [1.807, 2.05) is 0 Å². The number of pyridine rings is 1. The molecule has 3 amide bonds. The summed E-state index contributed by atoms with van der Waals surface area (Å²) in [6, 6.07) is 4.02. The molecule has 0 aliphatic carbocycles. The van der Waals surface area contributed by atoms with Gasteiger partial charge in [-0.15, -0.1) is 9.24 Å². The SMILES string of the molecule is O=C1N[C@@H](c2cc3ncccc3o2)C(=O)N1CP. The van der Waals surface area contributed by atoms with E-state index >= 15 is 0 Å². The number of hydrogen-bond donors (Lipinski definition) is 1. The van der Waals surface area contributed by atoms with Gasteiger partial charge in [-0.25, -0.2) is 4.79 Å². The van der Waals surface area contributed by atoms with Crippen LogP contribution in [-0.2, 0) is 4.79 Å². The number of carbonyl (C=O) groups excluding carboxylic acids is 2. The normalized spacial score (nSPS) is 19.6. The second-order valence-electron chi connectivity index (χ2n) is 3.87. The van der Waals surface area contributed by atoms with Crippen LogP contribution in [0.25, 0.3) is 11.1 Å². The number of furan rings is 1. The molecule has 1 unspecified atom stereocenters. The van der Waals surface area contributed by atoms with Gasteiger partial charge in [0.05, 0.1) is 0 Å². The van der Waals surface area contributed by atoms with Crippen LogP contribution in [0.4, 0.5) is 4.79 Å². The third-order valence-corrected chi connectivity index (χ3v) is 3.16.